The van der Waals surface area contributed by atoms with Crippen molar-refractivity contribution in [3.8, 4) is 0 Å². The summed E-state index contributed by atoms with van der Waals surface area (Å²) in [7, 11) is -2.24. The molecule has 0 saturated heterocycles. The summed E-state index contributed by atoms with van der Waals surface area (Å²) in [4.78, 5) is 11.2. The Morgan fingerprint density at radius 2 is 1.68 bits per heavy atom. The van der Waals surface area contributed by atoms with Gasteiger partial charge in [0, 0.05) is 12.7 Å². The number of anilines is 2. The van der Waals surface area contributed by atoms with Gasteiger partial charge < -0.3 is 10.1 Å². The summed E-state index contributed by atoms with van der Waals surface area (Å²) in [6.45, 7) is 3.24. The topological polar surface area (TPSA) is 96.5 Å². The van der Waals surface area contributed by atoms with Gasteiger partial charge in [-0.1, -0.05) is 0 Å². The second-order valence-electron chi connectivity index (χ2n) is 3.99. The molecule has 106 valence electrons. The minimum atomic E-state index is -3.99. The first-order valence-corrected chi connectivity index (χ1v) is 7.09. The smallest absolute Gasteiger partial charge is 0.422 e. The van der Waals surface area contributed by atoms with E-state index in [1.165, 1.54) is 0 Å². The highest BCUT2D eigenvalue weighted by atomic mass is 32.2. The van der Waals surface area contributed by atoms with Crippen LogP contribution in [-0.4, -0.2) is 27.7 Å². The van der Waals surface area contributed by atoms with Gasteiger partial charge in [-0.2, -0.15) is 8.42 Å². The zero-order chi connectivity index (χ0) is 14.5. The number of hydrogen-bond donors (Lipinski definition) is 3. The maximum atomic E-state index is 11.6. The number of carbonyl (C=O) groups excluding carboxylic acids is 1. The van der Waals surface area contributed by atoms with Crippen molar-refractivity contribution in [2.75, 3.05) is 17.1 Å². The van der Waals surface area contributed by atoms with Crippen molar-refractivity contribution < 1.29 is 17.9 Å². The average molecular weight is 287 g/mol. The van der Waals surface area contributed by atoms with Crippen LogP contribution in [0.25, 0.3) is 0 Å². The van der Waals surface area contributed by atoms with Gasteiger partial charge >= 0.3 is 16.3 Å². The van der Waals surface area contributed by atoms with Gasteiger partial charge in [0.1, 0.15) is 0 Å². The summed E-state index contributed by atoms with van der Waals surface area (Å²) in [5, 5.41) is 2.90. The van der Waals surface area contributed by atoms with Crippen molar-refractivity contribution in [1.29, 1.82) is 0 Å². The van der Waals surface area contributed by atoms with Crippen molar-refractivity contribution in [1.82, 2.24) is 4.72 Å². The van der Waals surface area contributed by atoms with E-state index < -0.39 is 22.4 Å². The number of ether oxygens (including phenoxy) is 1. The third kappa shape index (κ3) is 5.47. The lowest BCUT2D eigenvalue weighted by Crippen LogP contribution is -2.36. The molecule has 0 radical (unpaired) electrons. The standard InChI is InChI=1S/C11H17N3O4S/c1-8(2)18-11(15)14-19(16,17)13-10-6-4-9(12-3)5-7-10/h4-8,12-13H,1-3H3,(H,14,15). The first-order valence-electron chi connectivity index (χ1n) is 5.61. The Morgan fingerprint density at radius 3 is 2.16 bits per heavy atom. The van der Waals surface area contributed by atoms with Crippen molar-refractivity contribution >= 4 is 27.7 Å². The number of carbonyl (C=O) groups is 1. The van der Waals surface area contributed by atoms with Crippen molar-refractivity contribution in [2.24, 2.45) is 0 Å². The lowest BCUT2D eigenvalue weighted by atomic mass is 10.3. The molecule has 0 heterocycles. The molecule has 1 aromatic carbocycles. The second-order valence-corrected chi connectivity index (χ2v) is 5.40. The van der Waals surface area contributed by atoms with Crippen LogP contribution in [0.1, 0.15) is 13.8 Å². The second kappa shape index (κ2) is 6.28. The summed E-state index contributed by atoms with van der Waals surface area (Å²) in [6, 6.07) is 6.53. The first kappa shape index (κ1) is 15.1. The van der Waals surface area contributed by atoms with E-state index in [1.54, 1.807) is 49.9 Å². The number of amides is 1. The molecule has 7 nitrogen and oxygen atoms in total. The fourth-order valence-electron chi connectivity index (χ4n) is 1.23. The van der Waals surface area contributed by atoms with Crippen LogP contribution < -0.4 is 14.8 Å². The van der Waals surface area contributed by atoms with Crippen LogP contribution in [0.15, 0.2) is 24.3 Å². The summed E-state index contributed by atoms with van der Waals surface area (Å²) in [5.41, 5.74) is 1.18. The lowest BCUT2D eigenvalue weighted by Gasteiger charge is -2.11. The van der Waals surface area contributed by atoms with E-state index in [9.17, 15) is 13.2 Å². The molecule has 0 aromatic heterocycles. The third-order valence-corrected chi connectivity index (χ3v) is 2.93. The fourth-order valence-corrected chi connectivity index (χ4v) is 2.00. The Kier molecular flexibility index (Phi) is 4.99. The van der Waals surface area contributed by atoms with Crippen LogP contribution >= 0.6 is 0 Å². The van der Waals surface area contributed by atoms with E-state index in [0.717, 1.165) is 5.69 Å². The molecule has 0 spiro atoms. The normalized spacial score (nSPS) is 10.9. The first-order chi connectivity index (χ1) is 8.82. The molecule has 0 aliphatic rings. The highest BCUT2D eigenvalue weighted by Gasteiger charge is 2.16. The van der Waals surface area contributed by atoms with Crippen LogP contribution in [-0.2, 0) is 14.9 Å². The predicted octanol–water partition coefficient (Wildman–Crippen LogP) is 1.52. The Balaban J connectivity index is 2.65. The van der Waals surface area contributed by atoms with Crippen LogP contribution in [0.4, 0.5) is 16.2 Å². The molecule has 19 heavy (non-hydrogen) atoms. The Bertz CT molecular complexity index is 525. The van der Waals surface area contributed by atoms with E-state index in [4.69, 9.17) is 0 Å². The maximum Gasteiger partial charge on any atom is 0.422 e. The van der Waals surface area contributed by atoms with Gasteiger partial charge in [0.25, 0.3) is 0 Å². The van der Waals surface area contributed by atoms with Crippen molar-refractivity contribution in [2.45, 2.75) is 20.0 Å². The molecule has 3 N–H and O–H groups in total. The molecule has 0 aliphatic heterocycles. The van der Waals surface area contributed by atoms with Gasteiger partial charge in [0.2, 0.25) is 0 Å². The molecule has 1 rings (SSSR count). The summed E-state index contributed by atoms with van der Waals surface area (Å²) in [6.07, 6.45) is -1.42. The van der Waals surface area contributed by atoms with Gasteiger partial charge in [-0.25, -0.2) is 9.52 Å². The van der Waals surface area contributed by atoms with Crippen LogP contribution in [0.2, 0.25) is 0 Å². The Morgan fingerprint density at radius 1 is 1.16 bits per heavy atom. The Hall–Kier alpha value is -1.96. The monoisotopic (exact) mass is 287 g/mol. The quantitative estimate of drug-likeness (QED) is 0.763. The summed E-state index contributed by atoms with van der Waals surface area (Å²) >= 11 is 0. The summed E-state index contributed by atoms with van der Waals surface area (Å²) < 4.78 is 31.9. The SMILES string of the molecule is CNc1ccc(NS(=O)(=O)NC(=O)OC(C)C)cc1. The number of benzene rings is 1. The molecule has 0 aliphatic carbocycles. The summed E-state index contributed by atoms with van der Waals surface area (Å²) in [5.74, 6) is 0. The fraction of sp³-hybridized carbons (Fsp3) is 0.364. The molecule has 1 amide bonds. The van der Waals surface area contributed by atoms with Crippen LogP contribution in [0.3, 0.4) is 0 Å². The molecule has 0 fully saturated rings. The number of hydrogen-bond acceptors (Lipinski definition) is 5. The minimum absolute atomic E-state index is 0.337. The molecular formula is C11H17N3O4S. The number of nitrogens with one attached hydrogen (secondary N) is 3. The number of rotatable bonds is 5. The molecule has 0 unspecified atom stereocenters. The molecule has 1 aromatic rings. The highest BCUT2D eigenvalue weighted by Crippen LogP contribution is 2.13. The van der Waals surface area contributed by atoms with E-state index in [2.05, 4.69) is 14.8 Å². The van der Waals surface area contributed by atoms with E-state index in [0.29, 0.717) is 5.69 Å². The van der Waals surface area contributed by atoms with Crippen molar-refractivity contribution in [3.63, 3.8) is 0 Å². The zero-order valence-electron chi connectivity index (χ0n) is 10.9. The predicted molar refractivity (Wildman–Crippen MR) is 73.3 cm³/mol. The van der Waals surface area contributed by atoms with E-state index >= 15 is 0 Å². The molecule has 8 heteroatoms. The van der Waals surface area contributed by atoms with Crippen molar-refractivity contribution in [3.05, 3.63) is 24.3 Å². The van der Waals surface area contributed by atoms with Gasteiger partial charge in [-0.05, 0) is 38.1 Å². The van der Waals surface area contributed by atoms with Crippen LogP contribution in [0, 0.1) is 0 Å². The Labute approximate surface area is 112 Å². The third-order valence-electron chi connectivity index (χ3n) is 1.99. The van der Waals surface area contributed by atoms with Gasteiger partial charge in [-0.3, -0.25) is 4.72 Å². The molecule has 0 bridgehead atoms. The van der Waals surface area contributed by atoms with Gasteiger partial charge in [0.05, 0.1) is 11.8 Å². The minimum Gasteiger partial charge on any atom is -0.446 e. The lowest BCUT2D eigenvalue weighted by molar-refractivity contribution is 0.121. The molecule has 0 saturated carbocycles. The molecular weight excluding hydrogens is 270 g/mol. The largest absolute Gasteiger partial charge is 0.446 e. The van der Waals surface area contributed by atoms with E-state index in [1.807, 2.05) is 0 Å². The van der Waals surface area contributed by atoms with E-state index in [-0.39, 0.29) is 0 Å². The van der Waals surface area contributed by atoms with Gasteiger partial charge in [-0.15, -0.1) is 0 Å². The van der Waals surface area contributed by atoms with Crippen LogP contribution in [0.5, 0.6) is 0 Å². The highest BCUT2D eigenvalue weighted by molar-refractivity contribution is 7.91. The zero-order valence-corrected chi connectivity index (χ0v) is 11.7. The van der Waals surface area contributed by atoms with Gasteiger partial charge in [0.15, 0.2) is 0 Å². The molecule has 0 atom stereocenters. The maximum absolute atomic E-state index is 11.6. The average Bonchev–Trinajstić information content (AvgIpc) is 2.27.